The molecule has 0 unspecified atom stereocenters. The first-order valence-electron chi connectivity index (χ1n) is 2.53. The highest BCUT2D eigenvalue weighted by Crippen LogP contribution is 2.11. The van der Waals surface area contributed by atoms with E-state index >= 15 is 0 Å². The fourth-order valence-electron chi connectivity index (χ4n) is 0.365. The average Bonchev–Trinajstić information content (AvgIpc) is 1.85. The quantitative estimate of drug-likeness (QED) is 0.420. The predicted molar refractivity (Wildman–Crippen MR) is 44.6 cm³/mol. The summed E-state index contributed by atoms with van der Waals surface area (Å²) in [6.07, 6.45) is 1.17. The average molecular weight is 207 g/mol. The first kappa shape index (κ1) is 9.36. The van der Waals surface area contributed by atoms with E-state index in [4.69, 9.17) is 5.73 Å². The van der Waals surface area contributed by atoms with E-state index in [1.54, 1.807) is 0 Å². The van der Waals surface area contributed by atoms with E-state index in [1.807, 2.05) is 0 Å². The first-order valence-corrected chi connectivity index (χ1v) is 3.33. The molecule has 0 rings (SSSR count). The van der Waals surface area contributed by atoms with Gasteiger partial charge < -0.3 is 5.73 Å². The smallest absolute Gasteiger partial charge is 0.128 e. The molecule has 0 saturated heterocycles. The summed E-state index contributed by atoms with van der Waals surface area (Å²) >= 11 is 2.98. The van der Waals surface area contributed by atoms with Crippen molar-refractivity contribution in [3.63, 3.8) is 0 Å². The van der Waals surface area contributed by atoms with Gasteiger partial charge >= 0.3 is 0 Å². The van der Waals surface area contributed by atoms with Gasteiger partial charge in [-0.3, -0.25) is 4.99 Å². The van der Waals surface area contributed by atoms with Crippen molar-refractivity contribution in [1.29, 1.82) is 0 Å². The van der Waals surface area contributed by atoms with Crippen molar-refractivity contribution in [3.05, 3.63) is 22.2 Å². The monoisotopic (exact) mass is 206 g/mol. The van der Waals surface area contributed by atoms with E-state index in [2.05, 4.69) is 27.6 Å². The summed E-state index contributed by atoms with van der Waals surface area (Å²) < 4.78 is 12.5. The molecule has 2 nitrogen and oxygen atoms in total. The van der Waals surface area contributed by atoms with Crippen molar-refractivity contribution in [2.24, 2.45) is 10.7 Å². The molecule has 0 fully saturated rings. The van der Waals surface area contributed by atoms with Gasteiger partial charge in [-0.2, -0.15) is 0 Å². The van der Waals surface area contributed by atoms with Crippen LogP contribution in [0.4, 0.5) is 4.39 Å². The third kappa shape index (κ3) is 3.40. The number of halogens is 2. The van der Waals surface area contributed by atoms with Gasteiger partial charge in [-0.15, -0.1) is 0 Å². The van der Waals surface area contributed by atoms with E-state index in [-0.39, 0.29) is 11.5 Å². The number of hydrogen-bond donors (Lipinski definition) is 1. The zero-order chi connectivity index (χ0) is 8.15. The Labute approximate surface area is 67.5 Å². The molecule has 0 saturated carbocycles. The molecule has 0 heterocycles. The molecule has 10 heavy (non-hydrogen) atoms. The lowest BCUT2D eigenvalue weighted by Gasteiger charge is -1.92. The highest BCUT2D eigenvalue weighted by Gasteiger charge is 1.92. The van der Waals surface area contributed by atoms with Crippen LogP contribution in [0.3, 0.4) is 0 Å². The molecule has 0 spiro atoms. The van der Waals surface area contributed by atoms with E-state index in [0.29, 0.717) is 4.61 Å². The van der Waals surface area contributed by atoms with Gasteiger partial charge in [-0.1, -0.05) is 0 Å². The van der Waals surface area contributed by atoms with Crippen LogP contribution in [0, 0.1) is 0 Å². The Morgan fingerprint density at radius 2 is 2.30 bits per heavy atom. The predicted octanol–water partition coefficient (Wildman–Crippen LogP) is 2.08. The number of aliphatic imine (C=N–C) groups is 1. The van der Waals surface area contributed by atoms with Crippen molar-refractivity contribution in [2.75, 3.05) is 0 Å². The molecule has 0 bridgehead atoms. The molecule has 0 atom stereocenters. The second-order valence-electron chi connectivity index (χ2n) is 1.64. The van der Waals surface area contributed by atoms with Crippen molar-refractivity contribution in [3.8, 4) is 0 Å². The molecular formula is C6H8BrFN2. The van der Waals surface area contributed by atoms with Crippen molar-refractivity contribution < 1.29 is 4.39 Å². The third-order valence-corrected chi connectivity index (χ3v) is 1.44. The van der Waals surface area contributed by atoms with Gasteiger partial charge in [-0.05, 0) is 35.6 Å². The van der Waals surface area contributed by atoms with Gasteiger partial charge in [0.05, 0.1) is 11.5 Å². The van der Waals surface area contributed by atoms with Crippen molar-refractivity contribution >= 4 is 22.6 Å². The Balaban J connectivity index is 4.48. The van der Waals surface area contributed by atoms with Crippen LogP contribution >= 0.6 is 15.9 Å². The topological polar surface area (TPSA) is 38.4 Å². The van der Waals surface area contributed by atoms with E-state index in [1.165, 1.54) is 13.0 Å². The van der Waals surface area contributed by atoms with Crippen molar-refractivity contribution in [1.82, 2.24) is 0 Å². The summed E-state index contributed by atoms with van der Waals surface area (Å²) in [5.41, 5.74) is 5.54. The molecule has 0 aliphatic rings. The summed E-state index contributed by atoms with van der Waals surface area (Å²) in [7, 11) is 0. The van der Waals surface area contributed by atoms with Crippen LogP contribution in [0.25, 0.3) is 0 Å². The van der Waals surface area contributed by atoms with Crippen LogP contribution in [-0.2, 0) is 0 Å². The Morgan fingerprint density at radius 1 is 1.80 bits per heavy atom. The third-order valence-electron chi connectivity index (χ3n) is 0.731. The molecule has 4 heteroatoms. The molecule has 0 aliphatic carbocycles. The number of nitrogens with zero attached hydrogens (tertiary/aromatic N) is 1. The Morgan fingerprint density at radius 3 is 2.60 bits per heavy atom. The van der Waals surface area contributed by atoms with E-state index in [0.717, 1.165) is 0 Å². The molecule has 0 aromatic rings. The Hall–Kier alpha value is -0.640. The van der Waals surface area contributed by atoms with Gasteiger partial charge in [0.1, 0.15) is 4.61 Å². The lowest BCUT2D eigenvalue weighted by Crippen LogP contribution is -1.94. The minimum atomic E-state index is -0.363. The lowest BCUT2D eigenvalue weighted by molar-refractivity contribution is 0.639. The van der Waals surface area contributed by atoms with Crippen LogP contribution < -0.4 is 5.73 Å². The van der Waals surface area contributed by atoms with Gasteiger partial charge in [0.2, 0.25) is 0 Å². The van der Waals surface area contributed by atoms with Gasteiger partial charge in [-0.25, -0.2) is 4.39 Å². The maximum absolute atomic E-state index is 12.1. The standard InChI is InChI=1S/C6H8BrFN2/c1-4(8)3-5(9)6(7)10-2/h3H,2,9H2,1H3/b4-3+,6-5+. The fourth-order valence-corrected chi connectivity index (χ4v) is 0.480. The van der Waals surface area contributed by atoms with Gasteiger partial charge in [0.15, 0.2) is 0 Å². The van der Waals surface area contributed by atoms with Crippen LogP contribution in [0.5, 0.6) is 0 Å². The SMILES string of the molecule is C=N/C(Br)=C(N)\C=C(/C)F. The Kier molecular flexibility index (Phi) is 3.95. The van der Waals surface area contributed by atoms with Crippen LogP contribution in [-0.4, -0.2) is 6.72 Å². The minimum Gasteiger partial charge on any atom is -0.396 e. The number of nitrogens with two attached hydrogens (primary N) is 1. The summed E-state index contributed by atoms with van der Waals surface area (Å²) in [4.78, 5) is 3.45. The fraction of sp³-hybridized carbons (Fsp3) is 0.167. The van der Waals surface area contributed by atoms with Crippen LogP contribution in [0.2, 0.25) is 0 Å². The highest BCUT2D eigenvalue weighted by molar-refractivity contribution is 9.11. The summed E-state index contributed by atoms with van der Waals surface area (Å²) in [6, 6.07) is 0. The van der Waals surface area contributed by atoms with Crippen molar-refractivity contribution in [2.45, 2.75) is 6.92 Å². The summed E-state index contributed by atoms with van der Waals surface area (Å²) in [5, 5.41) is 0. The summed E-state index contributed by atoms with van der Waals surface area (Å²) in [5.74, 6) is -0.363. The molecule has 56 valence electrons. The number of allylic oxidation sites excluding steroid dienone is 2. The second kappa shape index (κ2) is 4.22. The first-order chi connectivity index (χ1) is 4.57. The Bertz CT molecular complexity index is 192. The molecule has 0 aliphatic heterocycles. The van der Waals surface area contributed by atoms with Crippen LogP contribution in [0.1, 0.15) is 6.92 Å². The lowest BCUT2D eigenvalue weighted by atomic mass is 10.4. The largest absolute Gasteiger partial charge is 0.396 e. The maximum Gasteiger partial charge on any atom is 0.128 e. The molecule has 0 radical (unpaired) electrons. The minimum absolute atomic E-state index is 0.231. The zero-order valence-corrected chi connectivity index (χ0v) is 7.15. The molecule has 2 N–H and O–H groups in total. The summed E-state index contributed by atoms with van der Waals surface area (Å²) in [6.45, 7) is 4.50. The molecule has 0 aromatic heterocycles. The molecular weight excluding hydrogens is 199 g/mol. The van der Waals surface area contributed by atoms with E-state index < -0.39 is 0 Å². The molecule has 0 aromatic carbocycles. The molecule has 0 amide bonds. The number of rotatable bonds is 2. The highest BCUT2D eigenvalue weighted by atomic mass is 79.9. The van der Waals surface area contributed by atoms with Crippen LogP contribution in [0.15, 0.2) is 27.2 Å². The van der Waals surface area contributed by atoms with Gasteiger partial charge in [0.25, 0.3) is 0 Å². The maximum atomic E-state index is 12.1. The second-order valence-corrected chi connectivity index (χ2v) is 2.39. The van der Waals surface area contributed by atoms with Gasteiger partial charge in [0, 0.05) is 0 Å². The van der Waals surface area contributed by atoms with E-state index in [9.17, 15) is 4.39 Å². The number of hydrogen-bond acceptors (Lipinski definition) is 2. The zero-order valence-electron chi connectivity index (χ0n) is 5.56. The normalized spacial score (nSPS) is 14.5.